The van der Waals surface area contributed by atoms with Gasteiger partial charge in [0.25, 0.3) is 0 Å². The molecule has 110 valence electrons. The monoisotopic (exact) mass is 273 g/mol. The van der Waals surface area contributed by atoms with Crippen LogP contribution in [-0.2, 0) is 6.42 Å². The summed E-state index contributed by atoms with van der Waals surface area (Å²) in [5, 5.41) is 3.65. The van der Waals surface area contributed by atoms with Gasteiger partial charge in [0.15, 0.2) is 0 Å². The molecule has 2 heterocycles. The minimum absolute atomic E-state index is 0.687. The van der Waals surface area contributed by atoms with Crippen LogP contribution in [0.15, 0.2) is 24.3 Å². The molecule has 1 unspecified atom stereocenters. The summed E-state index contributed by atoms with van der Waals surface area (Å²) in [5.74, 6) is 0. The van der Waals surface area contributed by atoms with Gasteiger partial charge in [-0.2, -0.15) is 0 Å². The SMILES string of the molecule is CN1CCN(c2cccc(CC3CCCCN3)c2)CC1. The quantitative estimate of drug-likeness (QED) is 0.910. The normalized spacial score (nSPS) is 24.9. The molecule has 2 aliphatic rings. The number of piperazine rings is 1. The molecule has 2 saturated heterocycles. The summed E-state index contributed by atoms with van der Waals surface area (Å²) in [6.45, 7) is 5.86. The Bertz CT molecular complexity index is 418. The van der Waals surface area contributed by atoms with Crippen LogP contribution in [0.5, 0.6) is 0 Å². The van der Waals surface area contributed by atoms with Crippen molar-refractivity contribution in [2.24, 2.45) is 0 Å². The predicted octanol–water partition coefficient (Wildman–Crippen LogP) is 2.12. The zero-order valence-corrected chi connectivity index (χ0v) is 12.6. The first-order valence-corrected chi connectivity index (χ1v) is 8.07. The number of nitrogens with zero attached hydrogens (tertiary/aromatic N) is 2. The maximum Gasteiger partial charge on any atom is 0.0369 e. The van der Waals surface area contributed by atoms with E-state index in [9.17, 15) is 0 Å². The number of rotatable bonds is 3. The van der Waals surface area contributed by atoms with Crippen LogP contribution >= 0.6 is 0 Å². The first-order chi connectivity index (χ1) is 9.81. The summed E-state index contributed by atoms with van der Waals surface area (Å²) in [4.78, 5) is 4.93. The molecule has 3 heteroatoms. The van der Waals surface area contributed by atoms with Gasteiger partial charge in [0.05, 0.1) is 0 Å². The Labute approximate surface area is 123 Å². The van der Waals surface area contributed by atoms with Crippen molar-refractivity contribution in [2.45, 2.75) is 31.7 Å². The van der Waals surface area contributed by atoms with Gasteiger partial charge < -0.3 is 15.1 Å². The van der Waals surface area contributed by atoms with Crippen LogP contribution in [0.3, 0.4) is 0 Å². The molecule has 0 saturated carbocycles. The molecule has 1 atom stereocenters. The van der Waals surface area contributed by atoms with Crippen molar-refractivity contribution in [3.63, 3.8) is 0 Å². The van der Waals surface area contributed by atoms with E-state index in [-0.39, 0.29) is 0 Å². The second kappa shape index (κ2) is 6.59. The smallest absolute Gasteiger partial charge is 0.0369 e. The predicted molar refractivity (Wildman–Crippen MR) is 85.5 cm³/mol. The molecule has 0 radical (unpaired) electrons. The summed E-state index contributed by atoms with van der Waals surface area (Å²) in [5.41, 5.74) is 2.90. The van der Waals surface area contributed by atoms with Crippen LogP contribution in [-0.4, -0.2) is 50.7 Å². The van der Waals surface area contributed by atoms with Gasteiger partial charge in [-0.15, -0.1) is 0 Å². The molecule has 0 spiro atoms. The number of likely N-dealkylation sites (N-methyl/N-ethyl adjacent to an activating group) is 1. The van der Waals surface area contributed by atoms with E-state index in [0.717, 1.165) is 13.1 Å². The fraction of sp³-hybridized carbons (Fsp3) is 0.647. The average molecular weight is 273 g/mol. The molecular formula is C17H27N3. The molecule has 0 aliphatic carbocycles. The van der Waals surface area contributed by atoms with Crippen LogP contribution in [0.1, 0.15) is 24.8 Å². The van der Waals surface area contributed by atoms with Crippen molar-refractivity contribution in [2.75, 3.05) is 44.7 Å². The average Bonchev–Trinajstić information content (AvgIpc) is 2.49. The van der Waals surface area contributed by atoms with Crippen molar-refractivity contribution in [1.82, 2.24) is 10.2 Å². The summed E-state index contributed by atoms with van der Waals surface area (Å²) < 4.78 is 0. The Balaban J connectivity index is 1.63. The lowest BCUT2D eigenvalue weighted by Gasteiger charge is -2.34. The molecule has 2 aliphatic heterocycles. The number of nitrogens with one attached hydrogen (secondary N) is 1. The highest BCUT2D eigenvalue weighted by molar-refractivity contribution is 5.49. The maximum atomic E-state index is 3.65. The van der Waals surface area contributed by atoms with Gasteiger partial charge in [-0.1, -0.05) is 18.6 Å². The van der Waals surface area contributed by atoms with Crippen molar-refractivity contribution < 1.29 is 0 Å². The molecule has 1 aromatic rings. The Morgan fingerprint density at radius 1 is 1.15 bits per heavy atom. The molecule has 3 nitrogen and oxygen atoms in total. The van der Waals surface area contributed by atoms with Gasteiger partial charge in [-0.05, 0) is 50.6 Å². The molecule has 2 fully saturated rings. The third-order valence-corrected chi connectivity index (χ3v) is 4.67. The van der Waals surface area contributed by atoms with E-state index < -0.39 is 0 Å². The Morgan fingerprint density at radius 2 is 2.00 bits per heavy atom. The van der Waals surface area contributed by atoms with E-state index in [1.165, 1.54) is 56.6 Å². The number of piperidine rings is 1. The van der Waals surface area contributed by atoms with E-state index in [2.05, 4.69) is 46.4 Å². The number of anilines is 1. The molecule has 1 aromatic carbocycles. The first kappa shape index (κ1) is 13.9. The van der Waals surface area contributed by atoms with Gasteiger partial charge >= 0.3 is 0 Å². The summed E-state index contributed by atoms with van der Waals surface area (Å²) in [6, 6.07) is 9.87. The second-order valence-corrected chi connectivity index (χ2v) is 6.31. The summed E-state index contributed by atoms with van der Waals surface area (Å²) in [7, 11) is 2.21. The number of hydrogen-bond acceptors (Lipinski definition) is 3. The van der Waals surface area contributed by atoms with E-state index in [4.69, 9.17) is 0 Å². The molecule has 0 amide bonds. The Kier molecular flexibility index (Phi) is 4.58. The van der Waals surface area contributed by atoms with Crippen LogP contribution in [0, 0.1) is 0 Å². The maximum absolute atomic E-state index is 3.65. The minimum atomic E-state index is 0.687. The highest BCUT2D eigenvalue weighted by atomic mass is 15.2. The largest absolute Gasteiger partial charge is 0.369 e. The van der Waals surface area contributed by atoms with Crippen molar-refractivity contribution in [3.8, 4) is 0 Å². The van der Waals surface area contributed by atoms with E-state index in [1.54, 1.807) is 0 Å². The van der Waals surface area contributed by atoms with Crippen LogP contribution in [0.4, 0.5) is 5.69 Å². The Morgan fingerprint density at radius 3 is 2.75 bits per heavy atom. The van der Waals surface area contributed by atoms with Gasteiger partial charge in [0.1, 0.15) is 0 Å². The third-order valence-electron chi connectivity index (χ3n) is 4.67. The van der Waals surface area contributed by atoms with Gasteiger partial charge in [0, 0.05) is 37.9 Å². The second-order valence-electron chi connectivity index (χ2n) is 6.31. The van der Waals surface area contributed by atoms with Gasteiger partial charge in [0.2, 0.25) is 0 Å². The highest BCUT2D eigenvalue weighted by Gasteiger charge is 2.16. The van der Waals surface area contributed by atoms with E-state index >= 15 is 0 Å². The topological polar surface area (TPSA) is 18.5 Å². The molecule has 3 rings (SSSR count). The van der Waals surface area contributed by atoms with Crippen molar-refractivity contribution >= 4 is 5.69 Å². The first-order valence-electron chi connectivity index (χ1n) is 8.07. The molecule has 20 heavy (non-hydrogen) atoms. The zero-order valence-electron chi connectivity index (χ0n) is 12.6. The Hall–Kier alpha value is -1.06. The van der Waals surface area contributed by atoms with Crippen LogP contribution in [0.2, 0.25) is 0 Å². The highest BCUT2D eigenvalue weighted by Crippen LogP contribution is 2.20. The fourth-order valence-corrected chi connectivity index (χ4v) is 3.33. The summed E-state index contributed by atoms with van der Waals surface area (Å²) >= 11 is 0. The lowest BCUT2D eigenvalue weighted by molar-refractivity contribution is 0.313. The van der Waals surface area contributed by atoms with Gasteiger partial charge in [-0.3, -0.25) is 0 Å². The summed E-state index contributed by atoms with van der Waals surface area (Å²) in [6.07, 6.45) is 5.24. The fourth-order valence-electron chi connectivity index (χ4n) is 3.33. The van der Waals surface area contributed by atoms with Crippen molar-refractivity contribution in [1.29, 1.82) is 0 Å². The molecule has 0 bridgehead atoms. The molecular weight excluding hydrogens is 246 g/mol. The van der Waals surface area contributed by atoms with Crippen molar-refractivity contribution in [3.05, 3.63) is 29.8 Å². The minimum Gasteiger partial charge on any atom is -0.369 e. The molecule has 1 N–H and O–H groups in total. The lowest BCUT2D eigenvalue weighted by atomic mass is 9.97. The van der Waals surface area contributed by atoms with E-state index in [0.29, 0.717) is 6.04 Å². The van der Waals surface area contributed by atoms with E-state index in [1.807, 2.05) is 0 Å². The number of hydrogen-bond donors (Lipinski definition) is 1. The standard InChI is InChI=1S/C17H27N3/c1-19-9-11-20(12-10-19)17-7-4-5-15(14-17)13-16-6-2-3-8-18-16/h4-5,7,14,16,18H,2-3,6,8-13H2,1H3. The lowest BCUT2D eigenvalue weighted by Crippen LogP contribution is -2.44. The van der Waals surface area contributed by atoms with Crippen LogP contribution < -0.4 is 10.2 Å². The zero-order chi connectivity index (χ0) is 13.8. The van der Waals surface area contributed by atoms with Gasteiger partial charge in [-0.25, -0.2) is 0 Å². The third kappa shape index (κ3) is 3.53. The molecule has 0 aromatic heterocycles. The number of benzene rings is 1. The van der Waals surface area contributed by atoms with Crippen LogP contribution in [0.25, 0.3) is 0 Å².